The lowest BCUT2D eigenvalue weighted by molar-refractivity contribution is -0.384. The number of likely N-dealkylation sites (tertiary alicyclic amines) is 1. The molecule has 1 amide bonds. The molecule has 1 fully saturated rings. The van der Waals surface area contributed by atoms with Crippen molar-refractivity contribution in [2.45, 2.75) is 32.4 Å². The van der Waals surface area contributed by atoms with Gasteiger partial charge >= 0.3 is 0 Å². The molecule has 2 bridgehead atoms. The third-order valence-electron chi connectivity index (χ3n) is 7.03. The van der Waals surface area contributed by atoms with Gasteiger partial charge in [0.05, 0.1) is 17.7 Å². The van der Waals surface area contributed by atoms with Crippen molar-refractivity contribution in [3.8, 4) is 5.75 Å². The second-order valence-electron chi connectivity index (χ2n) is 9.70. The lowest BCUT2D eigenvalue weighted by Crippen LogP contribution is -2.46. The number of carbonyl (C=O) groups excluding carboxylic acids is 1. The van der Waals surface area contributed by atoms with Gasteiger partial charge in [-0.15, -0.1) is 0 Å². The molecule has 2 atom stereocenters. The van der Waals surface area contributed by atoms with Gasteiger partial charge in [0.25, 0.3) is 17.2 Å². The normalized spacial score (nSPS) is 18.7. The number of hydrogen-bond acceptors (Lipinski definition) is 7. The van der Waals surface area contributed by atoms with Crippen molar-refractivity contribution >= 4 is 17.8 Å². The number of hydrogen-bond donors (Lipinski definition) is 1. The zero-order chi connectivity index (χ0) is 26.6. The predicted octanol–water partition coefficient (Wildman–Crippen LogP) is 3.54. The van der Waals surface area contributed by atoms with Gasteiger partial charge in [-0.1, -0.05) is 12.1 Å². The Hall–Kier alpha value is -4.31. The van der Waals surface area contributed by atoms with Crippen LogP contribution >= 0.6 is 0 Å². The summed E-state index contributed by atoms with van der Waals surface area (Å²) in [6.07, 6.45) is 2.64. The lowest BCUT2D eigenvalue weighted by atomic mass is 9.83. The van der Waals surface area contributed by atoms with E-state index in [0.717, 1.165) is 48.6 Å². The van der Waals surface area contributed by atoms with E-state index in [2.05, 4.69) is 21.5 Å². The Bertz CT molecular complexity index is 1450. The van der Waals surface area contributed by atoms with Gasteiger partial charge in [-0.25, -0.2) is 5.43 Å². The third kappa shape index (κ3) is 5.50. The number of nitrogens with zero attached hydrogens (tertiary/aromatic N) is 4. The van der Waals surface area contributed by atoms with Crippen LogP contribution in [0.25, 0.3) is 0 Å². The number of carbonyl (C=O) groups is 1. The van der Waals surface area contributed by atoms with E-state index in [0.29, 0.717) is 25.0 Å². The van der Waals surface area contributed by atoms with Gasteiger partial charge in [0, 0.05) is 67.1 Å². The van der Waals surface area contributed by atoms with Gasteiger partial charge in [0.15, 0.2) is 0 Å². The smallest absolute Gasteiger partial charge is 0.271 e. The Kier molecular flexibility index (Phi) is 7.32. The molecule has 3 aromatic rings. The van der Waals surface area contributed by atoms with Crippen LogP contribution in [0.3, 0.4) is 0 Å². The van der Waals surface area contributed by atoms with E-state index in [-0.39, 0.29) is 16.8 Å². The summed E-state index contributed by atoms with van der Waals surface area (Å²) < 4.78 is 7.82. The summed E-state index contributed by atoms with van der Waals surface area (Å²) in [6.45, 7) is 5.70. The molecular formula is C28H29N5O5. The van der Waals surface area contributed by atoms with Gasteiger partial charge in [0.1, 0.15) is 5.75 Å². The number of non-ortho nitro benzene ring substituents is 1. The largest absolute Gasteiger partial charge is 0.494 e. The maximum atomic E-state index is 12.4. The average molecular weight is 516 g/mol. The number of aromatic nitrogens is 1. The fourth-order valence-electron chi connectivity index (χ4n) is 5.46. The third-order valence-corrected chi connectivity index (χ3v) is 7.03. The van der Waals surface area contributed by atoms with Crippen LogP contribution < -0.4 is 15.7 Å². The zero-order valence-electron chi connectivity index (χ0n) is 21.1. The molecule has 5 rings (SSSR count). The summed E-state index contributed by atoms with van der Waals surface area (Å²) in [5.41, 5.74) is 5.43. The van der Waals surface area contributed by atoms with Crippen molar-refractivity contribution in [3.05, 3.63) is 104 Å². The minimum atomic E-state index is -0.546. The molecule has 10 heteroatoms. The minimum Gasteiger partial charge on any atom is -0.494 e. The fourth-order valence-corrected chi connectivity index (χ4v) is 5.46. The Morgan fingerprint density at radius 1 is 1.16 bits per heavy atom. The number of nitro benzene ring substituents is 1. The lowest BCUT2D eigenvalue weighted by Gasteiger charge is -2.43. The number of hydrazone groups is 1. The highest BCUT2D eigenvalue weighted by atomic mass is 16.6. The summed E-state index contributed by atoms with van der Waals surface area (Å²) >= 11 is 0. The number of piperidine rings is 1. The Balaban J connectivity index is 1.29. The summed E-state index contributed by atoms with van der Waals surface area (Å²) in [5.74, 6) is 1.01. The minimum absolute atomic E-state index is 0.0776. The number of ether oxygens (including phenoxy) is 1. The van der Waals surface area contributed by atoms with E-state index < -0.39 is 10.8 Å². The average Bonchev–Trinajstić information content (AvgIpc) is 2.91. The Morgan fingerprint density at radius 3 is 2.82 bits per heavy atom. The first-order chi connectivity index (χ1) is 18.4. The molecule has 2 aliphatic heterocycles. The van der Waals surface area contributed by atoms with Crippen LogP contribution in [0.4, 0.5) is 5.69 Å². The van der Waals surface area contributed by atoms with E-state index in [9.17, 15) is 19.7 Å². The molecule has 0 radical (unpaired) electrons. The van der Waals surface area contributed by atoms with Crippen molar-refractivity contribution in [2.24, 2.45) is 11.0 Å². The molecule has 3 heterocycles. The van der Waals surface area contributed by atoms with E-state index in [1.165, 1.54) is 24.3 Å². The number of nitrogens with one attached hydrogen (secondary N) is 1. The molecule has 2 aromatic carbocycles. The van der Waals surface area contributed by atoms with Crippen LogP contribution in [0.15, 0.2) is 70.6 Å². The van der Waals surface area contributed by atoms with E-state index in [4.69, 9.17) is 4.74 Å². The molecule has 0 unspecified atom stereocenters. The van der Waals surface area contributed by atoms with Gasteiger partial charge in [-0.05, 0) is 55.2 Å². The first-order valence-corrected chi connectivity index (χ1v) is 12.7. The first-order valence-electron chi connectivity index (χ1n) is 12.7. The molecule has 0 aliphatic carbocycles. The molecule has 38 heavy (non-hydrogen) atoms. The van der Waals surface area contributed by atoms with E-state index in [1.54, 1.807) is 12.3 Å². The molecule has 1 saturated heterocycles. The van der Waals surface area contributed by atoms with Crippen LogP contribution in [-0.4, -0.2) is 46.2 Å². The van der Waals surface area contributed by atoms with Crippen LogP contribution in [0.5, 0.6) is 5.75 Å². The molecule has 0 spiro atoms. The highest BCUT2D eigenvalue weighted by molar-refractivity contribution is 5.95. The van der Waals surface area contributed by atoms with Crippen LogP contribution in [-0.2, 0) is 13.1 Å². The number of fused-ring (bicyclic) bond motifs is 4. The molecule has 1 aromatic heterocycles. The van der Waals surface area contributed by atoms with Gasteiger partial charge in [-0.3, -0.25) is 24.6 Å². The van der Waals surface area contributed by atoms with Crippen LogP contribution in [0.2, 0.25) is 0 Å². The van der Waals surface area contributed by atoms with Gasteiger partial charge < -0.3 is 9.30 Å². The van der Waals surface area contributed by atoms with Crippen LogP contribution in [0, 0.1) is 16.0 Å². The number of amides is 1. The first kappa shape index (κ1) is 25.3. The molecule has 10 nitrogen and oxygen atoms in total. The highest BCUT2D eigenvalue weighted by Gasteiger charge is 2.34. The van der Waals surface area contributed by atoms with Crippen molar-refractivity contribution in [1.29, 1.82) is 0 Å². The molecule has 1 N–H and O–H groups in total. The van der Waals surface area contributed by atoms with Crippen molar-refractivity contribution < 1.29 is 14.5 Å². The summed E-state index contributed by atoms with van der Waals surface area (Å²) in [6, 6.07) is 16.8. The van der Waals surface area contributed by atoms with E-state index in [1.807, 2.05) is 35.8 Å². The maximum Gasteiger partial charge on any atom is 0.271 e. The molecule has 2 aliphatic rings. The fraction of sp³-hybridized carbons (Fsp3) is 0.321. The summed E-state index contributed by atoms with van der Waals surface area (Å²) in [7, 11) is 0. The Labute approximate surface area is 219 Å². The van der Waals surface area contributed by atoms with Crippen molar-refractivity contribution in [2.75, 3.05) is 19.7 Å². The van der Waals surface area contributed by atoms with E-state index >= 15 is 0 Å². The number of rotatable bonds is 8. The maximum absolute atomic E-state index is 12.4. The molecular weight excluding hydrogens is 486 g/mol. The molecule has 0 saturated carbocycles. The summed E-state index contributed by atoms with van der Waals surface area (Å²) in [4.78, 5) is 37.6. The standard InChI is InChI=1S/C28H29N5O5/c1-2-38-26-10-9-19(14-29-30-28(35)21-5-3-6-24(13-21)33(36)37)11-23(26)18-31-15-20-12-22(17-31)25-7-4-8-27(34)32(25)16-20/h3-11,13-14,20,22H,2,12,15-18H2,1H3,(H,30,35)/b29-14-/t20-,22+/m1/s1. The van der Waals surface area contributed by atoms with Gasteiger partial charge in [0.2, 0.25) is 0 Å². The quantitative estimate of drug-likeness (QED) is 0.278. The van der Waals surface area contributed by atoms with Crippen LogP contribution in [0.1, 0.15) is 46.4 Å². The number of pyridine rings is 1. The Morgan fingerprint density at radius 2 is 2.00 bits per heavy atom. The monoisotopic (exact) mass is 515 g/mol. The second kappa shape index (κ2) is 11.0. The zero-order valence-corrected chi connectivity index (χ0v) is 21.1. The van der Waals surface area contributed by atoms with Crippen molar-refractivity contribution in [1.82, 2.24) is 14.9 Å². The number of nitro groups is 1. The summed E-state index contributed by atoms with van der Waals surface area (Å²) in [5, 5.41) is 15.0. The second-order valence-corrected chi connectivity index (χ2v) is 9.70. The predicted molar refractivity (Wildman–Crippen MR) is 143 cm³/mol. The highest BCUT2D eigenvalue weighted by Crippen LogP contribution is 2.36. The van der Waals surface area contributed by atoms with Crippen molar-refractivity contribution in [3.63, 3.8) is 0 Å². The number of benzene rings is 2. The SMILES string of the molecule is CCOc1ccc(/C=N\NC(=O)c2cccc([N+](=O)[O-])c2)cc1CN1C[C@H]2C[C@@H](C1)c1cccc(=O)n1C2. The topological polar surface area (TPSA) is 119 Å². The molecule has 196 valence electrons. The van der Waals surface area contributed by atoms with Gasteiger partial charge in [-0.2, -0.15) is 5.10 Å².